The van der Waals surface area contributed by atoms with E-state index in [4.69, 9.17) is 10.5 Å². The van der Waals surface area contributed by atoms with Gasteiger partial charge in [-0.1, -0.05) is 49.4 Å². The van der Waals surface area contributed by atoms with Crippen LogP contribution in [0.5, 0.6) is 0 Å². The molecule has 0 saturated carbocycles. The molecular weight excluding hydrogens is 258 g/mol. The Labute approximate surface area is 127 Å². The van der Waals surface area contributed by atoms with Gasteiger partial charge in [-0.3, -0.25) is 0 Å². The maximum atomic E-state index is 6.57. The average molecular weight is 283 g/mol. The molecule has 2 N–H and O–H groups in total. The molecule has 1 fully saturated rings. The Balaban J connectivity index is 1.85. The van der Waals surface area contributed by atoms with Gasteiger partial charge in [0.05, 0.1) is 12.2 Å². The maximum absolute atomic E-state index is 6.57. The van der Waals surface area contributed by atoms with Crippen LogP contribution in [0.2, 0.25) is 0 Å². The molecule has 0 radical (unpaired) electrons. The Morgan fingerprint density at radius 3 is 2.43 bits per heavy atom. The Morgan fingerprint density at radius 2 is 1.71 bits per heavy atom. The van der Waals surface area contributed by atoms with Crippen LogP contribution in [0.1, 0.15) is 26.3 Å². The third kappa shape index (κ3) is 2.70. The second-order valence-electron chi connectivity index (χ2n) is 6.49. The minimum Gasteiger partial charge on any atom is -0.375 e. The highest BCUT2D eigenvalue weighted by Gasteiger charge is 2.40. The van der Waals surface area contributed by atoms with Crippen molar-refractivity contribution in [2.45, 2.75) is 45.4 Å². The molecule has 1 saturated heterocycles. The van der Waals surface area contributed by atoms with Crippen LogP contribution in [0.4, 0.5) is 0 Å². The molecule has 2 nitrogen and oxygen atoms in total. The number of hydrogen-bond acceptors (Lipinski definition) is 2. The molecule has 0 aromatic heterocycles. The SMILES string of the molecule is CC1OC(C)C(C(N)Cc2cccc3ccccc23)C1C. The van der Waals surface area contributed by atoms with Crippen LogP contribution in [0.25, 0.3) is 10.8 Å². The number of hydrogen-bond donors (Lipinski definition) is 1. The Bertz CT molecular complexity index is 618. The third-order valence-electron chi connectivity index (χ3n) is 5.15. The first kappa shape index (κ1) is 14.6. The maximum Gasteiger partial charge on any atom is 0.0597 e. The van der Waals surface area contributed by atoms with E-state index in [2.05, 4.69) is 63.2 Å². The molecule has 2 heteroatoms. The van der Waals surface area contributed by atoms with Crippen LogP contribution in [-0.4, -0.2) is 18.2 Å². The van der Waals surface area contributed by atoms with Crippen LogP contribution in [-0.2, 0) is 11.2 Å². The van der Waals surface area contributed by atoms with Gasteiger partial charge in [-0.05, 0) is 42.5 Å². The Hall–Kier alpha value is -1.38. The van der Waals surface area contributed by atoms with E-state index in [1.54, 1.807) is 0 Å². The molecule has 5 unspecified atom stereocenters. The molecule has 2 aromatic carbocycles. The summed E-state index contributed by atoms with van der Waals surface area (Å²) in [6.45, 7) is 6.58. The van der Waals surface area contributed by atoms with Crippen LogP contribution in [0.15, 0.2) is 42.5 Å². The van der Waals surface area contributed by atoms with Crippen molar-refractivity contribution in [2.24, 2.45) is 17.6 Å². The second kappa shape index (κ2) is 5.78. The molecule has 3 rings (SSSR count). The summed E-state index contributed by atoms with van der Waals surface area (Å²) in [4.78, 5) is 0. The lowest BCUT2D eigenvalue weighted by Crippen LogP contribution is -2.39. The molecule has 1 aliphatic rings. The van der Waals surface area contributed by atoms with Crippen LogP contribution < -0.4 is 5.73 Å². The van der Waals surface area contributed by atoms with Crippen molar-refractivity contribution in [1.29, 1.82) is 0 Å². The molecule has 1 aliphatic heterocycles. The van der Waals surface area contributed by atoms with Gasteiger partial charge in [0.2, 0.25) is 0 Å². The standard InChI is InChI=1S/C19H25NO/c1-12-13(2)21-14(3)19(12)18(20)11-16-9-6-8-15-7-4-5-10-17(15)16/h4-10,12-14,18-19H,11,20H2,1-3H3. The van der Waals surface area contributed by atoms with Gasteiger partial charge in [0.1, 0.15) is 0 Å². The van der Waals surface area contributed by atoms with Crippen LogP contribution in [0.3, 0.4) is 0 Å². The summed E-state index contributed by atoms with van der Waals surface area (Å²) in [5.41, 5.74) is 7.91. The average Bonchev–Trinajstić information content (AvgIpc) is 2.72. The normalized spacial score (nSPS) is 30.7. The first-order valence-corrected chi connectivity index (χ1v) is 7.95. The lowest BCUT2D eigenvalue weighted by molar-refractivity contribution is 0.0490. The van der Waals surface area contributed by atoms with Gasteiger partial charge in [0.25, 0.3) is 0 Å². The van der Waals surface area contributed by atoms with E-state index in [1.807, 2.05) is 0 Å². The molecule has 2 aromatic rings. The van der Waals surface area contributed by atoms with Gasteiger partial charge in [-0.15, -0.1) is 0 Å². The zero-order chi connectivity index (χ0) is 15.0. The molecule has 112 valence electrons. The predicted molar refractivity (Wildman–Crippen MR) is 88.3 cm³/mol. The van der Waals surface area contributed by atoms with Gasteiger partial charge in [0.15, 0.2) is 0 Å². The number of fused-ring (bicyclic) bond motifs is 1. The second-order valence-corrected chi connectivity index (χ2v) is 6.49. The molecule has 21 heavy (non-hydrogen) atoms. The topological polar surface area (TPSA) is 35.2 Å². The van der Waals surface area contributed by atoms with Gasteiger partial charge >= 0.3 is 0 Å². The van der Waals surface area contributed by atoms with E-state index in [9.17, 15) is 0 Å². The van der Waals surface area contributed by atoms with E-state index in [1.165, 1.54) is 16.3 Å². The van der Waals surface area contributed by atoms with Crippen LogP contribution >= 0.6 is 0 Å². The van der Waals surface area contributed by atoms with Crippen LogP contribution in [0, 0.1) is 11.8 Å². The minimum atomic E-state index is 0.144. The van der Waals surface area contributed by atoms with E-state index < -0.39 is 0 Å². The highest BCUT2D eigenvalue weighted by Crippen LogP contribution is 2.35. The highest BCUT2D eigenvalue weighted by molar-refractivity contribution is 5.85. The zero-order valence-electron chi connectivity index (χ0n) is 13.1. The van der Waals surface area contributed by atoms with Gasteiger partial charge in [-0.2, -0.15) is 0 Å². The summed E-state index contributed by atoms with van der Waals surface area (Å²) >= 11 is 0. The van der Waals surface area contributed by atoms with E-state index in [-0.39, 0.29) is 12.1 Å². The highest BCUT2D eigenvalue weighted by atomic mass is 16.5. The van der Waals surface area contributed by atoms with E-state index in [0.717, 1.165) is 6.42 Å². The van der Waals surface area contributed by atoms with Crippen molar-refractivity contribution in [2.75, 3.05) is 0 Å². The van der Waals surface area contributed by atoms with Crippen molar-refractivity contribution in [3.63, 3.8) is 0 Å². The van der Waals surface area contributed by atoms with E-state index >= 15 is 0 Å². The minimum absolute atomic E-state index is 0.144. The summed E-state index contributed by atoms with van der Waals surface area (Å²) < 4.78 is 5.95. The largest absolute Gasteiger partial charge is 0.375 e. The lowest BCUT2D eigenvalue weighted by Gasteiger charge is -2.26. The predicted octanol–water partition coefficient (Wildman–Crippen LogP) is 3.77. The quantitative estimate of drug-likeness (QED) is 0.930. The third-order valence-corrected chi connectivity index (χ3v) is 5.15. The monoisotopic (exact) mass is 283 g/mol. The molecule has 1 heterocycles. The summed E-state index contributed by atoms with van der Waals surface area (Å²) in [5, 5.41) is 2.61. The van der Waals surface area contributed by atoms with E-state index in [0.29, 0.717) is 17.9 Å². The van der Waals surface area contributed by atoms with Crippen molar-refractivity contribution >= 4 is 10.8 Å². The van der Waals surface area contributed by atoms with Crippen molar-refractivity contribution in [3.05, 3.63) is 48.0 Å². The lowest BCUT2D eigenvalue weighted by atomic mass is 9.81. The van der Waals surface area contributed by atoms with Gasteiger partial charge in [0, 0.05) is 12.0 Å². The Morgan fingerprint density at radius 1 is 1.00 bits per heavy atom. The number of ether oxygens (including phenoxy) is 1. The van der Waals surface area contributed by atoms with Gasteiger partial charge in [-0.25, -0.2) is 0 Å². The van der Waals surface area contributed by atoms with Crippen molar-refractivity contribution in [3.8, 4) is 0 Å². The Kier molecular flexibility index (Phi) is 4.01. The molecule has 5 atom stereocenters. The smallest absolute Gasteiger partial charge is 0.0597 e. The summed E-state index contributed by atoms with van der Waals surface area (Å²) in [5.74, 6) is 0.948. The zero-order valence-corrected chi connectivity index (χ0v) is 13.1. The fraction of sp³-hybridized carbons (Fsp3) is 0.474. The first-order chi connectivity index (χ1) is 10.1. The number of benzene rings is 2. The molecule has 0 bridgehead atoms. The number of rotatable bonds is 3. The van der Waals surface area contributed by atoms with Crippen molar-refractivity contribution in [1.82, 2.24) is 0 Å². The molecular formula is C19H25NO. The fourth-order valence-corrected chi connectivity index (χ4v) is 3.89. The molecule has 0 amide bonds. The van der Waals surface area contributed by atoms with Gasteiger partial charge < -0.3 is 10.5 Å². The summed E-state index contributed by atoms with van der Waals surface area (Å²) in [7, 11) is 0. The summed E-state index contributed by atoms with van der Waals surface area (Å²) in [6, 6.07) is 15.2. The molecule has 0 spiro atoms. The first-order valence-electron chi connectivity index (χ1n) is 7.95. The fourth-order valence-electron chi connectivity index (χ4n) is 3.89. The number of nitrogens with two attached hydrogens (primary N) is 1. The summed E-state index contributed by atoms with van der Waals surface area (Å²) in [6.07, 6.45) is 1.47. The molecule has 0 aliphatic carbocycles. The van der Waals surface area contributed by atoms with Crippen molar-refractivity contribution < 1.29 is 4.74 Å².